The molecular formula is C27H32ClFN6O3. The van der Waals surface area contributed by atoms with E-state index in [1.54, 1.807) is 33.0 Å². The van der Waals surface area contributed by atoms with E-state index in [4.69, 9.17) is 17.3 Å². The zero-order valence-electron chi connectivity index (χ0n) is 21.9. The normalized spacial score (nSPS) is 13.7. The van der Waals surface area contributed by atoms with Crippen molar-refractivity contribution in [2.45, 2.75) is 46.1 Å². The van der Waals surface area contributed by atoms with Crippen molar-refractivity contribution >= 4 is 35.0 Å². The lowest BCUT2D eigenvalue weighted by molar-refractivity contribution is -0.147. The van der Waals surface area contributed by atoms with Crippen LogP contribution < -0.4 is 16.4 Å². The van der Waals surface area contributed by atoms with E-state index in [-0.39, 0.29) is 35.3 Å². The number of nitrogens with two attached hydrogens (primary N) is 1. The van der Waals surface area contributed by atoms with Crippen LogP contribution in [0.4, 0.5) is 15.9 Å². The Kier molecular flexibility index (Phi) is 9.01. The van der Waals surface area contributed by atoms with Gasteiger partial charge in [0.15, 0.2) is 5.82 Å². The number of carboxylic acids is 1. The number of pyridine rings is 1. The number of hydrogen-bond donors (Lipinski definition) is 4. The van der Waals surface area contributed by atoms with Crippen LogP contribution in [0.5, 0.6) is 0 Å². The van der Waals surface area contributed by atoms with Crippen LogP contribution in [0, 0.1) is 17.7 Å². The smallest absolute Gasteiger partial charge is 0.324 e. The minimum absolute atomic E-state index is 0.0143. The lowest BCUT2D eigenvalue weighted by Gasteiger charge is -2.35. The van der Waals surface area contributed by atoms with Crippen LogP contribution >= 0.6 is 11.6 Å². The quantitative estimate of drug-likeness (QED) is 0.280. The molecule has 3 aromatic rings. The minimum Gasteiger partial charge on any atom is -0.480 e. The Morgan fingerprint density at radius 2 is 1.87 bits per heavy atom. The molecule has 38 heavy (non-hydrogen) atoms. The van der Waals surface area contributed by atoms with E-state index in [1.807, 2.05) is 13.8 Å². The zero-order chi connectivity index (χ0) is 28.2. The molecule has 11 heteroatoms. The molecule has 202 valence electrons. The van der Waals surface area contributed by atoms with Gasteiger partial charge in [0.2, 0.25) is 0 Å². The number of amides is 1. The minimum atomic E-state index is -1.51. The van der Waals surface area contributed by atoms with Crippen LogP contribution in [0.25, 0.3) is 11.4 Å². The van der Waals surface area contributed by atoms with Gasteiger partial charge in [-0.2, -0.15) is 0 Å². The van der Waals surface area contributed by atoms with Gasteiger partial charge in [0.1, 0.15) is 17.2 Å². The molecule has 2 unspecified atom stereocenters. The summed E-state index contributed by atoms with van der Waals surface area (Å²) >= 11 is 6.06. The highest BCUT2D eigenvalue weighted by Gasteiger charge is 2.42. The van der Waals surface area contributed by atoms with E-state index in [1.165, 1.54) is 30.6 Å². The number of rotatable bonds is 10. The van der Waals surface area contributed by atoms with Gasteiger partial charge in [-0.1, -0.05) is 46.2 Å². The first-order valence-corrected chi connectivity index (χ1v) is 12.6. The van der Waals surface area contributed by atoms with Crippen molar-refractivity contribution in [2.24, 2.45) is 17.6 Å². The predicted molar refractivity (Wildman–Crippen MR) is 145 cm³/mol. The van der Waals surface area contributed by atoms with E-state index in [0.717, 1.165) is 5.56 Å². The molecule has 2 aromatic heterocycles. The lowest BCUT2D eigenvalue weighted by atomic mass is 9.77. The van der Waals surface area contributed by atoms with Crippen molar-refractivity contribution < 1.29 is 19.1 Å². The molecule has 5 N–H and O–H groups in total. The van der Waals surface area contributed by atoms with Gasteiger partial charge in [0.05, 0.1) is 16.8 Å². The van der Waals surface area contributed by atoms with Crippen LogP contribution in [0.2, 0.25) is 5.02 Å². The second-order valence-corrected chi connectivity index (χ2v) is 10.3. The third-order valence-electron chi connectivity index (χ3n) is 6.64. The number of nitrogens with zero attached hydrogens (tertiary/aromatic N) is 3. The topological polar surface area (TPSA) is 143 Å². The number of carboxylic acid groups (broad SMARTS) is 1. The number of carbonyl (C=O) groups is 2. The van der Waals surface area contributed by atoms with Crippen LogP contribution in [-0.4, -0.2) is 44.0 Å². The highest BCUT2D eigenvalue weighted by atomic mass is 35.5. The fourth-order valence-electron chi connectivity index (χ4n) is 4.06. The van der Waals surface area contributed by atoms with E-state index >= 15 is 0 Å². The largest absolute Gasteiger partial charge is 0.480 e. The summed E-state index contributed by atoms with van der Waals surface area (Å²) in [7, 11) is 0. The van der Waals surface area contributed by atoms with Gasteiger partial charge in [-0.25, -0.2) is 14.4 Å². The summed E-state index contributed by atoms with van der Waals surface area (Å²) < 4.78 is 14.5. The average molecular weight is 543 g/mol. The van der Waals surface area contributed by atoms with Gasteiger partial charge in [-0.3, -0.25) is 14.6 Å². The number of aliphatic carboxylic acids is 1. The van der Waals surface area contributed by atoms with E-state index < -0.39 is 29.2 Å². The summed E-state index contributed by atoms with van der Waals surface area (Å²) in [6.45, 7) is 9.10. The molecule has 3 rings (SSSR count). The number of aromatic nitrogens is 3. The van der Waals surface area contributed by atoms with Gasteiger partial charge in [-0.05, 0) is 36.1 Å². The summed E-state index contributed by atoms with van der Waals surface area (Å²) in [5, 5.41) is 16.0. The molecule has 0 aliphatic heterocycles. The van der Waals surface area contributed by atoms with Crippen molar-refractivity contribution in [3.8, 4) is 11.4 Å². The molecule has 1 amide bonds. The fraction of sp³-hybridized carbons (Fsp3) is 0.370. The predicted octanol–water partition coefficient (Wildman–Crippen LogP) is 5.00. The molecule has 0 saturated carbocycles. The summed E-state index contributed by atoms with van der Waals surface area (Å²) in [6, 6.07) is 5.75. The highest BCUT2D eigenvalue weighted by Crippen LogP contribution is 2.30. The maximum atomic E-state index is 14.5. The third-order valence-corrected chi connectivity index (χ3v) is 6.87. The van der Waals surface area contributed by atoms with Crippen LogP contribution in [0.3, 0.4) is 0 Å². The Hall–Kier alpha value is -3.63. The second kappa shape index (κ2) is 11.8. The van der Waals surface area contributed by atoms with Crippen LogP contribution in [0.15, 0.2) is 42.9 Å². The number of benzene rings is 1. The van der Waals surface area contributed by atoms with E-state index in [2.05, 4.69) is 25.6 Å². The van der Waals surface area contributed by atoms with Crippen molar-refractivity contribution in [3.05, 3.63) is 64.8 Å². The number of anilines is 2. The van der Waals surface area contributed by atoms with Crippen LogP contribution in [0.1, 0.15) is 56.5 Å². The Labute approximate surface area is 226 Å². The molecule has 2 heterocycles. The molecule has 0 aliphatic carbocycles. The summed E-state index contributed by atoms with van der Waals surface area (Å²) in [4.78, 5) is 37.9. The first kappa shape index (κ1) is 28.9. The molecule has 2 atom stereocenters. The molecule has 9 nitrogen and oxygen atoms in total. The number of carbonyl (C=O) groups excluding carboxylic acids is 1. The van der Waals surface area contributed by atoms with Crippen molar-refractivity contribution in [1.29, 1.82) is 0 Å². The van der Waals surface area contributed by atoms with E-state index in [9.17, 15) is 19.1 Å². The molecule has 0 radical (unpaired) electrons. The molecule has 1 aromatic carbocycles. The van der Waals surface area contributed by atoms with E-state index in [0.29, 0.717) is 16.5 Å². The van der Waals surface area contributed by atoms with Gasteiger partial charge in [0, 0.05) is 41.6 Å². The Bertz CT molecular complexity index is 1340. The number of hydrogen-bond acceptors (Lipinski definition) is 7. The number of halogens is 2. The maximum Gasteiger partial charge on any atom is 0.324 e. The molecule has 0 spiro atoms. The third kappa shape index (κ3) is 6.08. The van der Waals surface area contributed by atoms with Gasteiger partial charge < -0.3 is 21.5 Å². The van der Waals surface area contributed by atoms with Gasteiger partial charge in [0.25, 0.3) is 5.91 Å². The van der Waals surface area contributed by atoms with Crippen LogP contribution in [-0.2, 0) is 4.79 Å². The SMILES string of the molecule is CC(C)c1cnc(-c2cc(Cl)ccc2F)nc1Nc1ccncc1C(=O)NCC(C)C(N)(C(=O)O)C(C)C. The zero-order valence-corrected chi connectivity index (χ0v) is 22.7. The molecule has 0 fully saturated rings. The maximum absolute atomic E-state index is 14.5. The van der Waals surface area contributed by atoms with Gasteiger partial charge >= 0.3 is 5.97 Å². The van der Waals surface area contributed by atoms with Gasteiger partial charge in [-0.15, -0.1) is 0 Å². The Morgan fingerprint density at radius 3 is 2.50 bits per heavy atom. The van der Waals surface area contributed by atoms with Crippen molar-refractivity contribution in [1.82, 2.24) is 20.3 Å². The monoisotopic (exact) mass is 542 g/mol. The summed E-state index contributed by atoms with van der Waals surface area (Å²) in [5.41, 5.74) is 6.19. The summed E-state index contributed by atoms with van der Waals surface area (Å²) in [6.07, 6.45) is 4.52. The Morgan fingerprint density at radius 1 is 1.16 bits per heavy atom. The van der Waals surface area contributed by atoms with Crippen molar-refractivity contribution in [2.75, 3.05) is 11.9 Å². The molecule has 0 aliphatic rings. The first-order valence-electron chi connectivity index (χ1n) is 12.2. The standard InChI is InChI=1S/C27H32ClFN6O3/c1-14(2)19-13-32-23(18-10-17(28)6-7-21(18)29)35-24(19)34-22-8-9-31-12-20(22)25(36)33-11-16(5)27(30,15(3)4)26(37)38/h6-10,12-16H,11,30H2,1-5H3,(H,33,36)(H,37,38)(H,31,32,34,35). The summed E-state index contributed by atoms with van der Waals surface area (Å²) in [5.74, 6) is -2.48. The van der Waals surface area contributed by atoms with Crippen molar-refractivity contribution in [3.63, 3.8) is 0 Å². The first-order chi connectivity index (χ1) is 17.9. The Balaban J connectivity index is 1.91. The molecule has 0 bridgehead atoms. The highest BCUT2D eigenvalue weighted by molar-refractivity contribution is 6.30. The molecule has 0 saturated heterocycles. The molecular weight excluding hydrogens is 511 g/mol. The second-order valence-electron chi connectivity index (χ2n) is 9.83. The fourth-order valence-corrected chi connectivity index (χ4v) is 4.23. The number of nitrogens with one attached hydrogen (secondary N) is 2. The average Bonchev–Trinajstić information content (AvgIpc) is 2.87. The lowest BCUT2D eigenvalue weighted by Crippen LogP contribution is -2.59.